The van der Waals surface area contributed by atoms with Gasteiger partial charge in [-0.1, -0.05) is 0 Å². The molecule has 0 spiro atoms. The number of aryl methyl sites for hydroxylation is 1. The van der Waals surface area contributed by atoms with Crippen molar-refractivity contribution in [2.24, 2.45) is 12.8 Å². The fourth-order valence-electron chi connectivity index (χ4n) is 0.784. The van der Waals surface area contributed by atoms with Gasteiger partial charge in [-0.15, -0.1) is 0 Å². The zero-order chi connectivity index (χ0) is 7.56. The molecule has 0 bridgehead atoms. The average Bonchev–Trinajstić information content (AvgIpc) is 1.88. The van der Waals surface area contributed by atoms with E-state index in [0.717, 1.165) is 5.56 Å². The molecule has 0 aliphatic carbocycles. The molecule has 1 heterocycles. The second kappa shape index (κ2) is 2.66. The van der Waals surface area contributed by atoms with Crippen LogP contribution < -0.4 is 10.3 Å². The number of rotatable bonds is 1. The highest BCUT2D eigenvalue weighted by Crippen LogP contribution is 2.10. The number of pyridine rings is 1. The highest BCUT2D eigenvalue weighted by Gasteiger charge is 2.01. The van der Waals surface area contributed by atoms with Crippen molar-refractivity contribution in [2.45, 2.75) is 6.54 Å². The molecular weight excluding hydrogens is 128 g/mol. The average molecular weight is 139 g/mol. The van der Waals surface area contributed by atoms with E-state index in [4.69, 9.17) is 5.73 Å². The molecule has 0 atom stereocenters. The van der Waals surface area contributed by atoms with E-state index in [1.807, 2.05) is 13.2 Å². The van der Waals surface area contributed by atoms with E-state index < -0.39 is 0 Å². The molecule has 54 valence electrons. The van der Waals surface area contributed by atoms with Crippen molar-refractivity contribution >= 4 is 0 Å². The van der Waals surface area contributed by atoms with Crippen LogP contribution in [0.4, 0.5) is 0 Å². The summed E-state index contributed by atoms with van der Waals surface area (Å²) in [5.41, 5.74) is 6.11. The molecule has 0 aromatic carbocycles. The fourth-order valence-corrected chi connectivity index (χ4v) is 0.784. The molecule has 0 fully saturated rings. The van der Waals surface area contributed by atoms with Gasteiger partial charge in [-0.3, -0.25) is 0 Å². The lowest BCUT2D eigenvalue weighted by Crippen LogP contribution is -2.26. The summed E-state index contributed by atoms with van der Waals surface area (Å²) >= 11 is 0. The Labute approximate surface area is 59.7 Å². The van der Waals surface area contributed by atoms with Crippen molar-refractivity contribution in [2.75, 3.05) is 0 Å². The molecule has 0 aliphatic rings. The second-order valence-electron chi connectivity index (χ2n) is 2.22. The number of hydrogen-bond donors (Lipinski definition) is 2. The Morgan fingerprint density at radius 2 is 2.40 bits per heavy atom. The topological polar surface area (TPSA) is 50.1 Å². The van der Waals surface area contributed by atoms with Crippen LogP contribution in [0.3, 0.4) is 0 Å². The molecule has 1 aromatic rings. The lowest BCUT2D eigenvalue weighted by molar-refractivity contribution is -0.671. The summed E-state index contributed by atoms with van der Waals surface area (Å²) in [4.78, 5) is 0. The maximum absolute atomic E-state index is 9.19. The van der Waals surface area contributed by atoms with E-state index in [1.54, 1.807) is 16.8 Å². The fraction of sp³-hybridized carbons (Fsp3) is 0.286. The smallest absolute Gasteiger partial charge is 0.211 e. The summed E-state index contributed by atoms with van der Waals surface area (Å²) < 4.78 is 1.77. The summed E-state index contributed by atoms with van der Waals surface area (Å²) in [5, 5.41) is 9.19. The maximum atomic E-state index is 9.19. The maximum Gasteiger partial charge on any atom is 0.211 e. The molecule has 3 heteroatoms. The normalized spacial score (nSPS) is 9.80. The Kier molecular flexibility index (Phi) is 1.87. The zero-order valence-corrected chi connectivity index (χ0v) is 5.91. The molecule has 0 unspecified atom stereocenters. The molecule has 1 aromatic heterocycles. The van der Waals surface area contributed by atoms with Crippen LogP contribution in [0.5, 0.6) is 5.75 Å². The van der Waals surface area contributed by atoms with Gasteiger partial charge in [-0.25, -0.2) is 4.57 Å². The number of nitrogens with two attached hydrogens (primary N) is 1. The first-order chi connectivity index (χ1) is 4.74. The number of hydrogen-bond acceptors (Lipinski definition) is 2. The van der Waals surface area contributed by atoms with Crippen LogP contribution in [0.15, 0.2) is 18.5 Å². The van der Waals surface area contributed by atoms with E-state index in [9.17, 15) is 5.11 Å². The van der Waals surface area contributed by atoms with E-state index >= 15 is 0 Å². The summed E-state index contributed by atoms with van der Waals surface area (Å²) in [6, 6.07) is 1.80. The summed E-state index contributed by atoms with van der Waals surface area (Å²) in [6.07, 6.45) is 3.48. The largest absolute Gasteiger partial charge is 0.502 e. The van der Waals surface area contributed by atoms with E-state index in [2.05, 4.69) is 0 Å². The summed E-state index contributed by atoms with van der Waals surface area (Å²) in [6.45, 7) is 0.382. The first kappa shape index (κ1) is 7.02. The van der Waals surface area contributed by atoms with Crippen LogP contribution in [-0.4, -0.2) is 5.11 Å². The predicted octanol–water partition coefficient (Wildman–Crippen LogP) is -0.325. The summed E-state index contributed by atoms with van der Waals surface area (Å²) in [5.74, 6) is 0.257. The van der Waals surface area contributed by atoms with Gasteiger partial charge in [0.15, 0.2) is 11.9 Å². The quantitative estimate of drug-likeness (QED) is 0.524. The highest BCUT2D eigenvalue weighted by molar-refractivity contribution is 5.25. The third kappa shape index (κ3) is 1.25. The van der Waals surface area contributed by atoms with Gasteiger partial charge in [0.2, 0.25) is 6.20 Å². The van der Waals surface area contributed by atoms with E-state index in [-0.39, 0.29) is 5.75 Å². The Bertz CT molecular complexity index is 235. The molecular formula is C7H11N2O+. The molecule has 0 aliphatic heterocycles. The minimum Gasteiger partial charge on any atom is -0.502 e. The zero-order valence-electron chi connectivity index (χ0n) is 5.91. The molecule has 1 rings (SSSR count). The van der Waals surface area contributed by atoms with Crippen molar-refractivity contribution in [3.05, 3.63) is 24.0 Å². The third-order valence-electron chi connectivity index (χ3n) is 1.39. The molecule has 0 radical (unpaired) electrons. The van der Waals surface area contributed by atoms with Crippen LogP contribution >= 0.6 is 0 Å². The number of aromatic hydroxyl groups is 1. The van der Waals surface area contributed by atoms with Crippen LogP contribution in [-0.2, 0) is 13.6 Å². The molecule has 0 saturated heterocycles. The van der Waals surface area contributed by atoms with E-state index in [0.29, 0.717) is 6.54 Å². The predicted molar refractivity (Wildman–Crippen MR) is 37.2 cm³/mol. The first-order valence-electron chi connectivity index (χ1n) is 3.11. The number of aromatic nitrogens is 1. The lowest BCUT2D eigenvalue weighted by atomic mass is 10.2. The molecule has 0 amide bonds. The van der Waals surface area contributed by atoms with Crippen LogP contribution in [0.1, 0.15) is 5.56 Å². The van der Waals surface area contributed by atoms with Gasteiger partial charge in [0, 0.05) is 18.2 Å². The molecule has 3 nitrogen and oxygen atoms in total. The molecule has 3 N–H and O–H groups in total. The first-order valence-corrected chi connectivity index (χ1v) is 3.11. The van der Waals surface area contributed by atoms with Gasteiger partial charge in [0.25, 0.3) is 0 Å². The Hall–Kier alpha value is -1.09. The van der Waals surface area contributed by atoms with Gasteiger partial charge in [-0.05, 0) is 0 Å². The van der Waals surface area contributed by atoms with Crippen molar-refractivity contribution in [1.82, 2.24) is 0 Å². The van der Waals surface area contributed by atoms with Gasteiger partial charge < -0.3 is 10.8 Å². The monoisotopic (exact) mass is 139 g/mol. The Balaban J connectivity index is 3.07. The van der Waals surface area contributed by atoms with Crippen molar-refractivity contribution < 1.29 is 9.67 Å². The van der Waals surface area contributed by atoms with Gasteiger partial charge in [-0.2, -0.15) is 0 Å². The molecule has 0 saturated carbocycles. The van der Waals surface area contributed by atoms with Gasteiger partial charge in [0.1, 0.15) is 7.05 Å². The lowest BCUT2D eigenvalue weighted by Gasteiger charge is -1.96. The van der Waals surface area contributed by atoms with Gasteiger partial charge >= 0.3 is 0 Å². The number of nitrogens with zero attached hydrogens (tertiary/aromatic N) is 1. The van der Waals surface area contributed by atoms with E-state index in [1.165, 1.54) is 0 Å². The summed E-state index contributed by atoms with van der Waals surface area (Å²) in [7, 11) is 1.85. The Morgan fingerprint density at radius 3 is 2.90 bits per heavy atom. The molecule has 10 heavy (non-hydrogen) atoms. The van der Waals surface area contributed by atoms with Crippen molar-refractivity contribution in [3.63, 3.8) is 0 Å². The third-order valence-corrected chi connectivity index (χ3v) is 1.39. The van der Waals surface area contributed by atoms with Crippen LogP contribution in [0.2, 0.25) is 0 Å². The SMILES string of the molecule is C[n+]1ccc(CN)c(O)c1. The standard InChI is InChI=1S/C7H10N2O/c1-9-3-2-6(4-8)7(10)5-9/h2-3,5H,4,8H2,1H3/p+1. The van der Waals surface area contributed by atoms with Crippen LogP contribution in [0.25, 0.3) is 0 Å². The van der Waals surface area contributed by atoms with Crippen molar-refractivity contribution in [1.29, 1.82) is 0 Å². The van der Waals surface area contributed by atoms with Crippen LogP contribution in [0, 0.1) is 0 Å². The van der Waals surface area contributed by atoms with Crippen molar-refractivity contribution in [3.8, 4) is 5.75 Å². The minimum absolute atomic E-state index is 0.257. The highest BCUT2D eigenvalue weighted by atomic mass is 16.3. The van der Waals surface area contributed by atoms with Gasteiger partial charge in [0.05, 0.1) is 0 Å². The minimum atomic E-state index is 0.257. The Morgan fingerprint density at radius 1 is 1.70 bits per heavy atom. The second-order valence-corrected chi connectivity index (χ2v) is 2.22.